The second kappa shape index (κ2) is 6.01. The van der Waals surface area contributed by atoms with E-state index in [1.54, 1.807) is 16.9 Å². The molecule has 0 aliphatic carbocycles. The SMILES string of the molecule is Cc1ccc(OCc2nn3c(-c4cccnc4)nnc3s2)cc1C. The number of pyridine rings is 1. The Hall–Kier alpha value is -2.80. The van der Waals surface area contributed by atoms with Gasteiger partial charge in [-0.25, -0.2) is 0 Å². The van der Waals surface area contributed by atoms with Crippen LogP contribution < -0.4 is 4.74 Å². The van der Waals surface area contributed by atoms with Crippen molar-refractivity contribution in [3.63, 3.8) is 0 Å². The van der Waals surface area contributed by atoms with Crippen LogP contribution in [-0.4, -0.2) is 24.8 Å². The summed E-state index contributed by atoms with van der Waals surface area (Å²) in [6, 6.07) is 9.88. The van der Waals surface area contributed by atoms with E-state index in [0.717, 1.165) is 21.3 Å². The van der Waals surface area contributed by atoms with E-state index >= 15 is 0 Å². The van der Waals surface area contributed by atoms with Crippen LogP contribution in [0.1, 0.15) is 16.1 Å². The second-order valence-corrected chi connectivity index (χ2v) is 6.53. The molecule has 7 heteroatoms. The molecule has 0 radical (unpaired) electrons. The Morgan fingerprint density at radius 1 is 1.12 bits per heavy atom. The van der Waals surface area contributed by atoms with E-state index in [0.29, 0.717) is 12.4 Å². The smallest absolute Gasteiger partial charge is 0.235 e. The van der Waals surface area contributed by atoms with Crippen LogP contribution in [0.4, 0.5) is 0 Å². The molecule has 120 valence electrons. The van der Waals surface area contributed by atoms with Crippen molar-refractivity contribution in [1.82, 2.24) is 24.8 Å². The first-order chi connectivity index (χ1) is 11.7. The fourth-order valence-corrected chi connectivity index (χ4v) is 3.09. The van der Waals surface area contributed by atoms with Gasteiger partial charge in [0.15, 0.2) is 10.8 Å². The Kier molecular flexibility index (Phi) is 3.70. The normalized spacial score (nSPS) is 11.1. The van der Waals surface area contributed by atoms with Crippen molar-refractivity contribution in [2.45, 2.75) is 20.5 Å². The maximum atomic E-state index is 5.85. The number of hydrogen-bond donors (Lipinski definition) is 0. The van der Waals surface area contributed by atoms with Crippen molar-refractivity contribution in [3.8, 4) is 17.1 Å². The molecule has 0 aliphatic heterocycles. The average Bonchev–Trinajstić information content (AvgIpc) is 3.17. The molecule has 0 N–H and O–H groups in total. The first-order valence-corrected chi connectivity index (χ1v) is 8.34. The van der Waals surface area contributed by atoms with E-state index in [2.05, 4.69) is 40.2 Å². The monoisotopic (exact) mass is 337 g/mol. The number of aromatic nitrogens is 5. The molecule has 4 aromatic rings. The lowest BCUT2D eigenvalue weighted by Gasteiger charge is -2.06. The molecule has 3 aromatic heterocycles. The zero-order valence-electron chi connectivity index (χ0n) is 13.3. The molecule has 4 rings (SSSR count). The largest absolute Gasteiger partial charge is 0.486 e. The van der Waals surface area contributed by atoms with Gasteiger partial charge < -0.3 is 4.74 Å². The molecule has 6 nitrogen and oxygen atoms in total. The molecule has 0 bridgehead atoms. The summed E-state index contributed by atoms with van der Waals surface area (Å²) in [6.07, 6.45) is 3.48. The van der Waals surface area contributed by atoms with Gasteiger partial charge in [-0.1, -0.05) is 17.4 Å². The minimum atomic E-state index is 0.406. The predicted octanol–water partition coefficient (Wildman–Crippen LogP) is 3.44. The van der Waals surface area contributed by atoms with E-state index in [1.165, 1.54) is 22.5 Å². The van der Waals surface area contributed by atoms with Gasteiger partial charge >= 0.3 is 0 Å². The highest BCUT2D eigenvalue weighted by atomic mass is 32.1. The number of rotatable bonds is 4. The van der Waals surface area contributed by atoms with Crippen LogP contribution in [-0.2, 0) is 6.61 Å². The number of hydrogen-bond acceptors (Lipinski definition) is 6. The lowest BCUT2D eigenvalue weighted by atomic mass is 10.1. The van der Waals surface area contributed by atoms with Gasteiger partial charge in [-0.05, 0) is 49.2 Å². The predicted molar refractivity (Wildman–Crippen MR) is 92.1 cm³/mol. The van der Waals surface area contributed by atoms with Gasteiger partial charge in [0.05, 0.1) is 0 Å². The van der Waals surface area contributed by atoms with E-state index in [1.807, 2.05) is 24.3 Å². The Bertz CT molecular complexity index is 993. The number of benzene rings is 1. The molecule has 1 aromatic carbocycles. The summed E-state index contributed by atoms with van der Waals surface area (Å²) in [6.45, 7) is 4.57. The third kappa shape index (κ3) is 2.74. The molecule has 0 fully saturated rings. The zero-order chi connectivity index (χ0) is 16.5. The average molecular weight is 337 g/mol. The molecule has 24 heavy (non-hydrogen) atoms. The van der Waals surface area contributed by atoms with Crippen LogP contribution in [0.3, 0.4) is 0 Å². The van der Waals surface area contributed by atoms with Crippen molar-refractivity contribution in [1.29, 1.82) is 0 Å². The van der Waals surface area contributed by atoms with Crippen LogP contribution in [0.25, 0.3) is 16.3 Å². The van der Waals surface area contributed by atoms with Crippen molar-refractivity contribution in [3.05, 3.63) is 58.9 Å². The van der Waals surface area contributed by atoms with E-state index in [9.17, 15) is 0 Å². The maximum absolute atomic E-state index is 5.85. The summed E-state index contributed by atoms with van der Waals surface area (Å²) in [4.78, 5) is 4.86. The minimum absolute atomic E-state index is 0.406. The summed E-state index contributed by atoms with van der Waals surface area (Å²) in [5, 5.41) is 13.8. The molecule has 0 saturated heterocycles. The topological polar surface area (TPSA) is 65.2 Å². The molecule has 0 atom stereocenters. The molecular formula is C17H15N5OS. The Balaban J connectivity index is 1.57. The van der Waals surface area contributed by atoms with E-state index in [4.69, 9.17) is 4.74 Å². The molecule has 0 saturated carbocycles. The van der Waals surface area contributed by atoms with E-state index < -0.39 is 0 Å². The molecule has 0 amide bonds. The van der Waals surface area contributed by atoms with Crippen LogP contribution in [0.15, 0.2) is 42.7 Å². The van der Waals surface area contributed by atoms with Gasteiger partial charge in [0.1, 0.15) is 12.4 Å². The molecular weight excluding hydrogens is 322 g/mol. The standard InChI is InChI=1S/C17H15N5OS/c1-11-5-6-14(8-12(11)2)23-10-15-21-22-16(19-20-17(22)24-15)13-4-3-7-18-9-13/h3-9H,10H2,1-2H3. The summed E-state index contributed by atoms with van der Waals surface area (Å²) in [7, 11) is 0. The fraction of sp³-hybridized carbons (Fsp3) is 0.176. The number of fused-ring (bicyclic) bond motifs is 1. The number of aryl methyl sites for hydroxylation is 2. The van der Waals surface area contributed by atoms with E-state index in [-0.39, 0.29) is 0 Å². The highest BCUT2D eigenvalue weighted by Crippen LogP contribution is 2.22. The van der Waals surface area contributed by atoms with Crippen LogP contribution in [0.2, 0.25) is 0 Å². The molecule has 0 aliphatic rings. The highest BCUT2D eigenvalue weighted by molar-refractivity contribution is 7.16. The molecule has 3 heterocycles. The maximum Gasteiger partial charge on any atom is 0.235 e. The van der Waals surface area contributed by atoms with Gasteiger partial charge in [0.25, 0.3) is 0 Å². The third-order valence-electron chi connectivity index (χ3n) is 3.79. The van der Waals surface area contributed by atoms with Crippen LogP contribution in [0, 0.1) is 13.8 Å². The van der Waals surface area contributed by atoms with Crippen molar-refractivity contribution < 1.29 is 4.74 Å². The van der Waals surface area contributed by atoms with Crippen LogP contribution >= 0.6 is 11.3 Å². The summed E-state index contributed by atoms with van der Waals surface area (Å²) >= 11 is 1.47. The zero-order valence-corrected chi connectivity index (χ0v) is 14.1. The number of nitrogens with zero attached hydrogens (tertiary/aromatic N) is 5. The first-order valence-electron chi connectivity index (χ1n) is 7.52. The Labute approximate surface area is 142 Å². The third-order valence-corrected chi connectivity index (χ3v) is 4.67. The quantitative estimate of drug-likeness (QED) is 0.571. The van der Waals surface area contributed by atoms with Gasteiger partial charge in [0, 0.05) is 18.0 Å². The van der Waals surface area contributed by atoms with Gasteiger partial charge in [-0.3, -0.25) is 4.98 Å². The van der Waals surface area contributed by atoms with Crippen molar-refractivity contribution in [2.75, 3.05) is 0 Å². The highest BCUT2D eigenvalue weighted by Gasteiger charge is 2.13. The van der Waals surface area contributed by atoms with Gasteiger partial charge in [-0.2, -0.15) is 9.61 Å². The Morgan fingerprint density at radius 2 is 2.04 bits per heavy atom. The van der Waals surface area contributed by atoms with Gasteiger partial charge in [0.2, 0.25) is 4.96 Å². The van der Waals surface area contributed by atoms with Crippen LogP contribution in [0.5, 0.6) is 5.75 Å². The number of ether oxygens (including phenoxy) is 1. The summed E-state index contributed by atoms with van der Waals surface area (Å²) < 4.78 is 7.58. The lowest BCUT2D eigenvalue weighted by Crippen LogP contribution is -1.98. The van der Waals surface area contributed by atoms with Gasteiger partial charge in [-0.15, -0.1) is 10.2 Å². The van der Waals surface area contributed by atoms with Crippen molar-refractivity contribution >= 4 is 16.3 Å². The Morgan fingerprint density at radius 3 is 2.83 bits per heavy atom. The molecule has 0 unspecified atom stereocenters. The van der Waals surface area contributed by atoms with Crippen molar-refractivity contribution in [2.24, 2.45) is 0 Å². The fourth-order valence-electron chi connectivity index (χ4n) is 2.34. The lowest BCUT2D eigenvalue weighted by molar-refractivity contribution is 0.304. The second-order valence-electron chi connectivity index (χ2n) is 5.49. The summed E-state index contributed by atoms with van der Waals surface area (Å²) in [5.74, 6) is 1.53. The first kappa shape index (κ1) is 14.8. The molecule has 0 spiro atoms. The summed E-state index contributed by atoms with van der Waals surface area (Å²) in [5.41, 5.74) is 3.35. The minimum Gasteiger partial charge on any atom is -0.486 e.